The smallest absolute Gasteiger partial charge is 0.329 e. The number of hydrogen-bond donors (Lipinski definition) is 1. The van der Waals surface area contributed by atoms with E-state index in [2.05, 4.69) is 29.8 Å². The van der Waals surface area contributed by atoms with Crippen LogP contribution in [0, 0.1) is 11.8 Å². The second-order valence-electron chi connectivity index (χ2n) is 4.61. The van der Waals surface area contributed by atoms with Crippen LogP contribution in [0.3, 0.4) is 0 Å². The summed E-state index contributed by atoms with van der Waals surface area (Å²) in [6, 6.07) is 0. The lowest BCUT2D eigenvalue weighted by molar-refractivity contribution is -0.141. The van der Waals surface area contributed by atoms with Crippen LogP contribution in [0.25, 0.3) is 0 Å². The van der Waals surface area contributed by atoms with Crippen LogP contribution in [0.2, 0.25) is 0 Å². The largest absolute Gasteiger partial charge is 0.383 e. The summed E-state index contributed by atoms with van der Waals surface area (Å²) in [4.78, 5) is -3.15. The van der Waals surface area contributed by atoms with Gasteiger partial charge in [-0.2, -0.15) is 8.78 Å². The fourth-order valence-electron chi connectivity index (χ4n) is 2.07. The Bertz CT molecular complexity index is 193. The molecule has 1 nitrogen and oxygen atoms in total. The van der Waals surface area contributed by atoms with Crippen molar-refractivity contribution in [2.75, 3.05) is 0 Å². The van der Waals surface area contributed by atoms with E-state index in [1.807, 2.05) is 0 Å². The average Bonchev–Trinajstić information content (AvgIpc) is 2.03. The van der Waals surface area contributed by atoms with Gasteiger partial charge in [0.05, 0.1) is 0 Å². The molecule has 0 aliphatic heterocycles. The quantitative estimate of drug-likeness (QED) is 0.761. The summed E-state index contributed by atoms with van der Waals surface area (Å²) in [6.07, 6.45) is 1.76. The van der Waals surface area contributed by atoms with Gasteiger partial charge in [-0.15, -0.1) is 0 Å². The minimum atomic E-state index is -3.15. The molecule has 1 rings (SSSR count). The number of alkyl halides is 3. The summed E-state index contributed by atoms with van der Waals surface area (Å²) in [5, 5.41) is 9.71. The van der Waals surface area contributed by atoms with Gasteiger partial charge in [-0.25, -0.2) is 0 Å². The third-order valence-corrected chi connectivity index (χ3v) is 4.07. The normalized spacial score (nSPS) is 34.9. The maximum atomic E-state index is 13.0. The molecular weight excluding hydrogens is 254 g/mol. The van der Waals surface area contributed by atoms with Crippen molar-refractivity contribution in [1.29, 1.82) is 0 Å². The third-order valence-electron chi connectivity index (χ3n) is 3.33. The maximum Gasteiger partial charge on any atom is 0.329 e. The molecular formula is C10H17BrF2O. The van der Waals surface area contributed by atoms with Crippen molar-refractivity contribution in [2.45, 2.75) is 50.0 Å². The zero-order valence-corrected chi connectivity index (χ0v) is 10.2. The van der Waals surface area contributed by atoms with E-state index < -0.39 is 10.4 Å². The second kappa shape index (κ2) is 4.05. The van der Waals surface area contributed by atoms with Crippen molar-refractivity contribution in [3.8, 4) is 0 Å². The molecule has 4 heteroatoms. The summed E-state index contributed by atoms with van der Waals surface area (Å²) in [5.74, 6) is 0.994. The molecule has 0 radical (unpaired) electrons. The molecule has 14 heavy (non-hydrogen) atoms. The summed E-state index contributed by atoms with van der Waals surface area (Å²) < 4.78 is 26.0. The fraction of sp³-hybridized carbons (Fsp3) is 1.00. The van der Waals surface area contributed by atoms with Crippen LogP contribution in [-0.4, -0.2) is 15.5 Å². The Balaban J connectivity index is 2.58. The molecule has 1 saturated carbocycles. The van der Waals surface area contributed by atoms with Crippen molar-refractivity contribution in [3.63, 3.8) is 0 Å². The highest BCUT2D eigenvalue weighted by Crippen LogP contribution is 2.46. The van der Waals surface area contributed by atoms with E-state index in [1.54, 1.807) is 0 Å². The molecule has 1 aliphatic carbocycles. The van der Waals surface area contributed by atoms with E-state index >= 15 is 0 Å². The Morgan fingerprint density at radius 2 is 1.79 bits per heavy atom. The lowest BCUT2D eigenvalue weighted by Crippen LogP contribution is -2.47. The van der Waals surface area contributed by atoms with Crippen molar-refractivity contribution < 1.29 is 13.9 Å². The standard InChI is InChI=1S/C10H17BrF2O/c1-7(2)8-3-5-9(14,6-4-8)10(11,12)13/h7-8,14H,3-6H2,1-2H3. The van der Waals surface area contributed by atoms with Crippen molar-refractivity contribution in [3.05, 3.63) is 0 Å². The first-order valence-electron chi connectivity index (χ1n) is 5.05. The number of rotatable bonds is 2. The van der Waals surface area contributed by atoms with E-state index in [0.717, 1.165) is 0 Å². The first kappa shape index (κ1) is 12.4. The highest BCUT2D eigenvalue weighted by Gasteiger charge is 2.52. The van der Waals surface area contributed by atoms with Gasteiger partial charge in [-0.1, -0.05) is 13.8 Å². The molecule has 0 atom stereocenters. The van der Waals surface area contributed by atoms with Gasteiger partial charge in [0.15, 0.2) is 0 Å². The Kier molecular flexibility index (Phi) is 3.58. The van der Waals surface area contributed by atoms with Gasteiger partial charge in [0, 0.05) is 0 Å². The van der Waals surface area contributed by atoms with Crippen LogP contribution in [0.15, 0.2) is 0 Å². The molecule has 0 heterocycles. The molecule has 0 saturated heterocycles. The van der Waals surface area contributed by atoms with Gasteiger partial charge < -0.3 is 5.11 Å². The molecule has 0 aromatic carbocycles. The summed E-state index contributed by atoms with van der Waals surface area (Å²) >= 11 is 2.27. The first-order valence-corrected chi connectivity index (χ1v) is 5.85. The van der Waals surface area contributed by atoms with Crippen molar-refractivity contribution >= 4 is 15.9 Å². The van der Waals surface area contributed by atoms with Crippen molar-refractivity contribution in [2.24, 2.45) is 11.8 Å². The molecule has 84 valence electrons. The Morgan fingerprint density at radius 3 is 2.07 bits per heavy atom. The van der Waals surface area contributed by atoms with E-state index in [4.69, 9.17) is 0 Å². The molecule has 0 spiro atoms. The molecule has 0 bridgehead atoms. The third kappa shape index (κ3) is 2.45. The van der Waals surface area contributed by atoms with Gasteiger partial charge in [0.25, 0.3) is 0 Å². The van der Waals surface area contributed by atoms with Gasteiger partial charge in [-0.05, 0) is 53.4 Å². The van der Waals surface area contributed by atoms with Crippen LogP contribution < -0.4 is 0 Å². The van der Waals surface area contributed by atoms with Crippen LogP contribution in [0.4, 0.5) is 8.78 Å². The zero-order valence-electron chi connectivity index (χ0n) is 8.56. The summed E-state index contributed by atoms with van der Waals surface area (Å²) in [5.41, 5.74) is -1.83. The summed E-state index contributed by atoms with van der Waals surface area (Å²) in [7, 11) is 0. The Labute approximate surface area is 92.0 Å². The van der Waals surface area contributed by atoms with Crippen LogP contribution in [-0.2, 0) is 0 Å². The predicted molar refractivity (Wildman–Crippen MR) is 55.6 cm³/mol. The Morgan fingerprint density at radius 1 is 1.36 bits per heavy atom. The average molecular weight is 271 g/mol. The molecule has 1 aliphatic rings. The highest BCUT2D eigenvalue weighted by atomic mass is 79.9. The minimum absolute atomic E-state index is 0.189. The number of aliphatic hydroxyl groups is 1. The van der Waals surface area contributed by atoms with Gasteiger partial charge in [0.1, 0.15) is 5.60 Å². The molecule has 1 fully saturated rings. The van der Waals surface area contributed by atoms with Gasteiger partial charge in [-0.3, -0.25) is 0 Å². The first-order chi connectivity index (χ1) is 6.26. The van der Waals surface area contributed by atoms with Gasteiger partial charge in [0.2, 0.25) is 0 Å². The molecule has 0 amide bonds. The monoisotopic (exact) mass is 270 g/mol. The van der Waals surface area contributed by atoms with E-state index in [-0.39, 0.29) is 12.8 Å². The topological polar surface area (TPSA) is 20.2 Å². The molecule has 0 aromatic heterocycles. The molecule has 1 N–H and O–H groups in total. The highest BCUT2D eigenvalue weighted by molar-refractivity contribution is 9.10. The number of halogens is 3. The van der Waals surface area contributed by atoms with Crippen LogP contribution in [0.1, 0.15) is 39.5 Å². The molecule has 0 aromatic rings. The summed E-state index contributed by atoms with van der Waals surface area (Å²) in [6.45, 7) is 4.20. The SMILES string of the molecule is CC(C)C1CCC(O)(C(F)(F)Br)CC1. The van der Waals surface area contributed by atoms with E-state index in [0.29, 0.717) is 24.7 Å². The predicted octanol–water partition coefficient (Wildman–Crippen LogP) is 3.55. The zero-order chi connectivity index (χ0) is 11.0. The van der Waals surface area contributed by atoms with Crippen molar-refractivity contribution in [1.82, 2.24) is 0 Å². The second-order valence-corrected chi connectivity index (χ2v) is 5.61. The lowest BCUT2D eigenvalue weighted by Gasteiger charge is -2.39. The van der Waals surface area contributed by atoms with E-state index in [1.165, 1.54) is 0 Å². The van der Waals surface area contributed by atoms with Crippen LogP contribution in [0.5, 0.6) is 0 Å². The molecule has 0 unspecified atom stereocenters. The maximum absolute atomic E-state index is 13.0. The Hall–Kier alpha value is 0.300. The van der Waals surface area contributed by atoms with E-state index in [9.17, 15) is 13.9 Å². The van der Waals surface area contributed by atoms with Gasteiger partial charge >= 0.3 is 4.83 Å². The fourth-order valence-corrected chi connectivity index (χ4v) is 2.46. The van der Waals surface area contributed by atoms with Crippen LogP contribution >= 0.6 is 15.9 Å². The lowest BCUT2D eigenvalue weighted by atomic mass is 9.75. The minimum Gasteiger partial charge on any atom is -0.383 e. The number of hydrogen-bond acceptors (Lipinski definition) is 1.